The van der Waals surface area contributed by atoms with Crippen molar-refractivity contribution in [3.63, 3.8) is 0 Å². The van der Waals surface area contributed by atoms with Gasteiger partial charge in [0.05, 0.1) is 0 Å². The Hall–Kier alpha value is -1.13. The van der Waals surface area contributed by atoms with Crippen LogP contribution in [0.4, 0.5) is 0 Å². The van der Waals surface area contributed by atoms with Crippen LogP contribution in [-0.2, 0) is 19.4 Å². The maximum absolute atomic E-state index is 10.5. The predicted molar refractivity (Wildman–Crippen MR) is 72.9 cm³/mol. The van der Waals surface area contributed by atoms with E-state index >= 15 is 0 Å². The molecule has 0 aliphatic heterocycles. The number of fused-ring (bicyclic) bond motifs is 1. The van der Waals surface area contributed by atoms with Gasteiger partial charge in [-0.3, -0.25) is 0 Å². The van der Waals surface area contributed by atoms with E-state index in [9.17, 15) is 5.11 Å². The lowest BCUT2D eigenvalue weighted by Gasteiger charge is -2.11. The molecule has 0 radical (unpaired) electrons. The first-order valence-electron chi connectivity index (χ1n) is 6.60. The monoisotopic (exact) mass is 262 g/mol. The Morgan fingerprint density at radius 2 is 2.39 bits per heavy atom. The van der Waals surface area contributed by atoms with Crippen molar-refractivity contribution in [3.05, 3.63) is 39.6 Å². The van der Waals surface area contributed by atoms with Gasteiger partial charge in [-0.2, -0.15) is 0 Å². The van der Waals surface area contributed by atoms with Gasteiger partial charge in [-0.05, 0) is 37.3 Å². The van der Waals surface area contributed by atoms with Crippen molar-refractivity contribution in [3.8, 4) is 0 Å². The molecule has 0 bridgehead atoms. The summed E-state index contributed by atoms with van der Waals surface area (Å²) in [6.45, 7) is 3.05. The maximum atomic E-state index is 10.5. The van der Waals surface area contributed by atoms with Gasteiger partial charge in [0, 0.05) is 28.7 Å². The highest BCUT2D eigenvalue weighted by Gasteiger charge is 2.22. The van der Waals surface area contributed by atoms with E-state index in [1.165, 1.54) is 29.7 Å². The summed E-state index contributed by atoms with van der Waals surface area (Å²) in [6.07, 6.45) is 7.82. The molecule has 0 amide bonds. The highest BCUT2D eigenvalue weighted by molar-refractivity contribution is 7.12. The molecule has 2 aromatic rings. The van der Waals surface area contributed by atoms with Gasteiger partial charge in [0.25, 0.3) is 0 Å². The lowest BCUT2D eigenvalue weighted by atomic mass is 10.2. The quantitative estimate of drug-likeness (QED) is 0.920. The van der Waals surface area contributed by atoms with Crippen LogP contribution in [0.15, 0.2) is 18.5 Å². The molecule has 2 heterocycles. The van der Waals surface area contributed by atoms with E-state index in [0.29, 0.717) is 0 Å². The summed E-state index contributed by atoms with van der Waals surface area (Å²) in [5, 5.41) is 10.5. The number of nitrogens with zero attached hydrogens (tertiary/aromatic N) is 2. The molecular formula is C14H18N2OS. The molecule has 0 aromatic carbocycles. The minimum Gasteiger partial charge on any atom is -0.380 e. The topological polar surface area (TPSA) is 38.0 Å². The van der Waals surface area contributed by atoms with Crippen molar-refractivity contribution in [2.45, 2.75) is 45.3 Å². The number of aryl methyl sites for hydroxylation is 3. The van der Waals surface area contributed by atoms with E-state index in [0.717, 1.165) is 23.7 Å². The third-order valence-corrected chi connectivity index (χ3v) is 4.78. The summed E-state index contributed by atoms with van der Waals surface area (Å²) < 4.78 is 2.05. The van der Waals surface area contributed by atoms with E-state index in [4.69, 9.17) is 0 Å². The van der Waals surface area contributed by atoms with Crippen molar-refractivity contribution >= 4 is 11.3 Å². The second kappa shape index (κ2) is 4.86. The van der Waals surface area contributed by atoms with Crippen LogP contribution in [0.3, 0.4) is 0 Å². The molecule has 18 heavy (non-hydrogen) atoms. The minimum atomic E-state index is -0.567. The Bertz CT molecular complexity index is 522. The molecule has 1 N–H and O–H groups in total. The smallest absolute Gasteiger partial charge is 0.146 e. The third kappa shape index (κ3) is 1.99. The van der Waals surface area contributed by atoms with Gasteiger partial charge < -0.3 is 9.67 Å². The highest BCUT2D eigenvalue weighted by Crippen LogP contribution is 2.35. The van der Waals surface area contributed by atoms with Gasteiger partial charge in [-0.25, -0.2) is 4.98 Å². The van der Waals surface area contributed by atoms with E-state index in [2.05, 4.69) is 22.5 Å². The average Bonchev–Trinajstić information content (AvgIpc) is 3.02. The zero-order chi connectivity index (χ0) is 12.5. The molecule has 1 unspecified atom stereocenters. The number of imidazole rings is 1. The second-order valence-corrected chi connectivity index (χ2v) is 6.00. The van der Waals surface area contributed by atoms with Gasteiger partial charge in [-0.15, -0.1) is 11.3 Å². The third-order valence-electron chi connectivity index (χ3n) is 3.49. The normalized spacial score (nSPS) is 15.9. The number of aromatic nitrogens is 2. The molecule has 1 aliphatic carbocycles. The molecule has 3 nitrogen and oxygen atoms in total. The largest absolute Gasteiger partial charge is 0.380 e. The van der Waals surface area contributed by atoms with Gasteiger partial charge in [0.2, 0.25) is 0 Å². The van der Waals surface area contributed by atoms with Crippen LogP contribution in [0.5, 0.6) is 0 Å². The van der Waals surface area contributed by atoms with E-state index in [-0.39, 0.29) is 0 Å². The number of aliphatic hydroxyl groups excluding tert-OH is 1. The van der Waals surface area contributed by atoms with Gasteiger partial charge in [0.1, 0.15) is 11.9 Å². The van der Waals surface area contributed by atoms with Gasteiger partial charge in [-0.1, -0.05) is 6.92 Å². The summed E-state index contributed by atoms with van der Waals surface area (Å²) >= 11 is 1.75. The van der Waals surface area contributed by atoms with Crippen molar-refractivity contribution < 1.29 is 5.11 Å². The first-order valence-corrected chi connectivity index (χ1v) is 7.42. The van der Waals surface area contributed by atoms with Crippen LogP contribution in [-0.4, -0.2) is 14.7 Å². The lowest BCUT2D eigenvalue weighted by Crippen LogP contribution is -2.08. The molecule has 96 valence electrons. The average molecular weight is 262 g/mol. The summed E-state index contributed by atoms with van der Waals surface area (Å²) in [7, 11) is 0. The Kier molecular flexibility index (Phi) is 3.22. The number of aliphatic hydroxyl groups is 1. The molecule has 2 aromatic heterocycles. The predicted octanol–water partition coefficient (Wildman–Crippen LogP) is 2.93. The molecule has 1 atom stereocenters. The molecule has 0 saturated heterocycles. The Balaban J connectivity index is 1.88. The summed E-state index contributed by atoms with van der Waals surface area (Å²) in [5.41, 5.74) is 1.43. The van der Waals surface area contributed by atoms with Crippen molar-refractivity contribution in [1.82, 2.24) is 9.55 Å². The standard InChI is InChI=1S/C14H18N2OS/c1-2-7-16-8-6-15-14(16)13(17)12-9-10-4-3-5-11(10)18-12/h6,8-9,13,17H,2-5,7H2,1H3. The second-order valence-electron chi connectivity index (χ2n) is 4.83. The molecule has 0 spiro atoms. The van der Waals surface area contributed by atoms with Crippen molar-refractivity contribution in [2.75, 3.05) is 0 Å². The fourth-order valence-corrected chi connectivity index (χ4v) is 3.85. The van der Waals surface area contributed by atoms with E-state index in [1.807, 2.05) is 6.20 Å². The SMILES string of the molecule is CCCn1ccnc1C(O)c1cc2c(s1)CCC2. The number of hydrogen-bond donors (Lipinski definition) is 1. The zero-order valence-corrected chi connectivity index (χ0v) is 11.4. The van der Waals surface area contributed by atoms with Crippen LogP contribution in [0, 0.1) is 0 Å². The molecule has 3 rings (SSSR count). The summed E-state index contributed by atoms with van der Waals surface area (Å²) in [4.78, 5) is 6.81. The Labute approximate surface area is 111 Å². The first-order chi connectivity index (χ1) is 8.79. The fourth-order valence-electron chi connectivity index (χ4n) is 2.61. The van der Waals surface area contributed by atoms with Crippen molar-refractivity contribution in [2.24, 2.45) is 0 Å². The van der Waals surface area contributed by atoms with Crippen LogP contribution in [0.2, 0.25) is 0 Å². The number of rotatable bonds is 4. The van der Waals surface area contributed by atoms with Crippen LogP contribution in [0.1, 0.15) is 47.0 Å². The zero-order valence-electron chi connectivity index (χ0n) is 10.6. The van der Waals surface area contributed by atoms with Crippen LogP contribution < -0.4 is 0 Å². The molecule has 0 saturated carbocycles. The van der Waals surface area contributed by atoms with Crippen LogP contribution in [0.25, 0.3) is 0 Å². The van der Waals surface area contributed by atoms with E-state index in [1.54, 1.807) is 17.5 Å². The fraction of sp³-hybridized carbons (Fsp3) is 0.500. The first kappa shape index (κ1) is 11.9. The van der Waals surface area contributed by atoms with Gasteiger partial charge >= 0.3 is 0 Å². The molecule has 4 heteroatoms. The lowest BCUT2D eigenvalue weighted by molar-refractivity contribution is 0.208. The number of thiophene rings is 1. The highest BCUT2D eigenvalue weighted by atomic mass is 32.1. The summed E-state index contributed by atoms with van der Waals surface area (Å²) in [6, 6.07) is 2.17. The Morgan fingerprint density at radius 3 is 3.17 bits per heavy atom. The van der Waals surface area contributed by atoms with E-state index < -0.39 is 6.10 Å². The number of hydrogen-bond acceptors (Lipinski definition) is 3. The molecule has 1 aliphatic rings. The molecule has 0 fully saturated rings. The maximum Gasteiger partial charge on any atom is 0.146 e. The Morgan fingerprint density at radius 1 is 1.50 bits per heavy atom. The molecular weight excluding hydrogens is 244 g/mol. The van der Waals surface area contributed by atoms with Crippen molar-refractivity contribution in [1.29, 1.82) is 0 Å². The van der Waals surface area contributed by atoms with Gasteiger partial charge in [0.15, 0.2) is 0 Å². The minimum absolute atomic E-state index is 0.567. The summed E-state index contributed by atoms with van der Waals surface area (Å²) in [5.74, 6) is 0.775. The van der Waals surface area contributed by atoms with Crippen LogP contribution >= 0.6 is 11.3 Å².